The number of likely N-dealkylation sites (N-methyl/N-ethyl adjacent to an activating group) is 1. The van der Waals surface area contributed by atoms with Crippen molar-refractivity contribution >= 4 is 73.4 Å². The van der Waals surface area contributed by atoms with E-state index in [9.17, 15) is 9.59 Å². The molecule has 11 heavy (non-hydrogen) atoms. The van der Waals surface area contributed by atoms with Crippen molar-refractivity contribution in [3.8, 4) is 0 Å². The van der Waals surface area contributed by atoms with Gasteiger partial charge in [0.05, 0.1) is 0 Å². The Morgan fingerprint density at radius 1 is 1.73 bits per heavy atom. The Balaban J connectivity index is 0.000001000. The van der Waals surface area contributed by atoms with Crippen LogP contribution in [0.4, 0.5) is 0 Å². The fourth-order valence-electron chi connectivity index (χ4n) is 0.730. The maximum absolute atomic E-state index is 10.9. The van der Waals surface area contributed by atoms with E-state index in [0.717, 1.165) is 0 Å². The van der Waals surface area contributed by atoms with Crippen molar-refractivity contribution in [1.29, 1.82) is 0 Å². The molecular formula is C5H8CaClNO2S. The molecule has 0 N–H and O–H groups in total. The summed E-state index contributed by atoms with van der Waals surface area (Å²) in [5, 5.41) is 0. The molecule has 6 heteroatoms. The predicted molar refractivity (Wildman–Crippen MR) is 48.4 cm³/mol. The van der Waals surface area contributed by atoms with Gasteiger partial charge < -0.3 is 4.79 Å². The summed E-state index contributed by atoms with van der Waals surface area (Å²) in [4.78, 5) is 21.2. The van der Waals surface area contributed by atoms with Gasteiger partial charge in [-0.2, -0.15) is 0 Å². The fraction of sp³-hybridized carbons (Fsp3) is 0.600. The average molecular weight is 222 g/mol. The molecule has 1 aliphatic rings. The van der Waals surface area contributed by atoms with Crippen LogP contribution in [0, 0.1) is 0 Å². The van der Waals surface area contributed by atoms with Gasteiger partial charge in [-0.15, -0.1) is 11.6 Å². The van der Waals surface area contributed by atoms with Crippen LogP contribution in [0.15, 0.2) is 0 Å². The summed E-state index contributed by atoms with van der Waals surface area (Å²) < 4.78 is 0.979. The molecule has 0 spiro atoms. The van der Waals surface area contributed by atoms with E-state index in [0.29, 0.717) is 6.29 Å². The number of Topliss-reactive ketones (excluding diaryl/α,β-unsaturated/α-hetero) is 1. The van der Waals surface area contributed by atoms with Gasteiger partial charge >= 0.3 is 37.7 Å². The summed E-state index contributed by atoms with van der Waals surface area (Å²) in [5.41, 5.74) is 0. The number of ketones is 1. The van der Waals surface area contributed by atoms with Crippen LogP contribution in [0.2, 0.25) is 0 Å². The van der Waals surface area contributed by atoms with Gasteiger partial charge in [-0.05, 0) is 7.05 Å². The molecule has 1 heterocycles. The van der Waals surface area contributed by atoms with E-state index in [4.69, 9.17) is 11.6 Å². The Labute approximate surface area is 104 Å². The van der Waals surface area contributed by atoms with Gasteiger partial charge in [0.2, 0.25) is 0 Å². The van der Waals surface area contributed by atoms with Gasteiger partial charge in [0.25, 0.3) is 0 Å². The Bertz CT molecular complexity index is 180. The summed E-state index contributed by atoms with van der Waals surface area (Å²) in [6, 6.07) is -0.646. The number of nitrogens with zero attached hydrogens (tertiary/aromatic N) is 1. The van der Waals surface area contributed by atoms with E-state index in [1.165, 1.54) is 11.9 Å². The molecular weight excluding hydrogens is 214 g/mol. The first-order valence-corrected chi connectivity index (χ1v) is 3.97. The third-order valence-corrected chi connectivity index (χ3v) is 2.73. The van der Waals surface area contributed by atoms with E-state index in [2.05, 4.69) is 0 Å². The van der Waals surface area contributed by atoms with Crippen LogP contribution in [0.25, 0.3) is 0 Å². The minimum absolute atomic E-state index is 0. The summed E-state index contributed by atoms with van der Waals surface area (Å²) in [5.74, 6) is -0.218. The number of carbonyl (C=O) groups excluding carboxylic acids is 2. The zero-order valence-electron chi connectivity index (χ0n) is 5.28. The molecule has 3 nitrogen and oxygen atoms in total. The summed E-state index contributed by atoms with van der Waals surface area (Å²) in [6.45, 7) is 0. The quantitative estimate of drug-likeness (QED) is 0.194. The van der Waals surface area contributed by atoms with Crippen molar-refractivity contribution in [3.05, 3.63) is 0 Å². The molecule has 60 valence electrons. The van der Waals surface area contributed by atoms with E-state index >= 15 is 0 Å². The van der Waals surface area contributed by atoms with Gasteiger partial charge in [0.1, 0.15) is 12.3 Å². The van der Waals surface area contributed by atoms with E-state index in [1.807, 2.05) is 0 Å². The molecule has 1 fully saturated rings. The Morgan fingerprint density at radius 2 is 2.27 bits per heavy atom. The standard InChI is InChI=1S/C5H6ClNO2S.Ca.2H/c1-7-3(2-8)4(9)5(6)10-7;;;/h2-3,5H,1H3;;;. The molecule has 2 unspecified atom stereocenters. The number of aldehydes is 1. The average Bonchev–Trinajstić information content (AvgIpc) is 2.09. The van der Waals surface area contributed by atoms with Crippen LogP contribution < -0.4 is 0 Å². The first-order chi connectivity index (χ1) is 4.66. The first-order valence-electron chi connectivity index (χ1n) is 2.69. The number of hydrogen-bond donors (Lipinski definition) is 0. The number of hydrogen-bond acceptors (Lipinski definition) is 4. The number of rotatable bonds is 1. The van der Waals surface area contributed by atoms with Crippen molar-refractivity contribution < 1.29 is 9.59 Å². The molecule has 0 bridgehead atoms. The van der Waals surface area contributed by atoms with Crippen molar-refractivity contribution in [2.45, 2.75) is 10.8 Å². The number of halogens is 1. The molecule has 1 aliphatic heterocycles. The molecule has 0 aromatic heterocycles. The van der Waals surface area contributed by atoms with Crippen molar-refractivity contribution in [1.82, 2.24) is 4.31 Å². The molecule has 0 aliphatic carbocycles. The van der Waals surface area contributed by atoms with Gasteiger partial charge in [-0.25, -0.2) is 4.31 Å². The van der Waals surface area contributed by atoms with E-state index < -0.39 is 10.8 Å². The SMILES string of the molecule is CN1SC(Cl)C(=O)C1C=O.[CaH2]. The van der Waals surface area contributed by atoms with Crippen molar-refractivity contribution in [3.63, 3.8) is 0 Å². The Hall–Kier alpha value is 1.20. The Morgan fingerprint density at radius 3 is 2.45 bits per heavy atom. The zero-order valence-corrected chi connectivity index (χ0v) is 6.85. The third kappa shape index (κ3) is 2.57. The molecule has 0 aromatic carbocycles. The molecule has 0 amide bonds. The molecule has 1 rings (SSSR count). The van der Waals surface area contributed by atoms with Crippen LogP contribution in [0.5, 0.6) is 0 Å². The molecule has 0 saturated carbocycles. The minimum atomic E-state index is -0.646. The molecule has 2 atom stereocenters. The molecule has 1 saturated heterocycles. The third-order valence-electron chi connectivity index (χ3n) is 1.29. The maximum atomic E-state index is 10.9. The fourth-order valence-corrected chi connectivity index (χ4v) is 2.06. The zero-order chi connectivity index (χ0) is 7.72. The second-order valence-electron chi connectivity index (χ2n) is 1.95. The second kappa shape index (κ2) is 5.04. The molecule has 0 aromatic rings. The number of alkyl halides is 1. The van der Waals surface area contributed by atoms with Crippen LogP contribution >= 0.6 is 23.5 Å². The second-order valence-corrected chi connectivity index (χ2v) is 3.90. The summed E-state index contributed by atoms with van der Waals surface area (Å²) >= 11 is 6.72. The topological polar surface area (TPSA) is 37.4 Å². The van der Waals surface area contributed by atoms with Crippen LogP contribution in [0.3, 0.4) is 0 Å². The van der Waals surface area contributed by atoms with E-state index in [1.54, 1.807) is 11.4 Å². The van der Waals surface area contributed by atoms with Gasteiger partial charge in [0.15, 0.2) is 10.5 Å². The first kappa shape index (κ1) is 12.2. The van der Waals surface area contributed by atoms with E-state index in [-0.39, 0.29) is 43.5 Å². The van der Waals surface area contributed by atoms with Gasteiger partial charge in [-0.1, -0.05) is 11.9 Å². The van der Waals surface area contributed by atoms with Gasteiger partial charge in [-0.3, -0.25) is 4.79 Å². The van der Waals surface area contributed by atoms with Gasteiger partial charge in [0, 0.05) is 0 Å². The normalized spacial score (nSPS) is 31.6. The summed E-state index contributed by atoms with van der Waals surface area (Å²) in [6.07, 6.45) is 0.609. The number of carbonyl (C=O) groups is 2. The summed E-state index contributed by atoms with van der Waals surface area (Å²) in [7, 11) is 1.67. The van der Waals surface area contributed by atoms with Crippen LogP contribution in [0.1, 0.15) is 0 Å². The van der Waals surface area contributed by atoms with Crippen molar-refractivity contribution in [2.24, 2.45) is 0 Å². The van der Waals surface area contributed by atoms with Crippen LogP contribution in [-0.2, 0) is 9.59 Å². The monoisotopic (exact) mass is 221 g/mol. The predicted octanol–water partition coefficient (Wildman–Crippen LogP) is -0.635. The molecule has 0 radical (unpaired) electrons. The van der Waals surface area contributed by atoms with Crippen LogP contribution in [-0.4, -0.2) is 71.9 Å². The van der Waals surface area contributed by atoms with Crippen molar-refractivity contribution in [2.75, 3.05) is 7.05 Å². The Kier molecular flexibility index (Phi) is 5.59.